The number of carbonyl (C=O) groups is 1. The first kappa shape index (κ1) is 17.2. The van der Waals surface area contributed by atoms with Gasteiger partial charge in [0.25, 0.3) is 5.91 Å². The van der Waals surface area contributed by atoms with Crippen LogP contribution in [-0.4, -0.2) is 31.2 Å². The normalized spacial score (nSPS) is 13.9. The third-order valence-electron chi connectivity index (χ3n) is 4.77. The highest BCUT2D eigenvalue weighted by molar-refractivity contribution is 6.06. The van der Waals surface area contributed by atoms with Gasteiger partial charge in [0.15, 0.2) is 0 Å². The quantitative estimate of drug-likeness (QED) is 0.555. The summed E-state index contributed by atoms with van der Waals surface area (Å²) >= 11 is 0. The van der Waals surface area contributed by atoms with Crippen molar-refractivity contribution in [2.24, 2.45) is 5.10 Å². The number of pyridine rings is 1. The van der Waals surface area contributed by atoms with Crippen LogP contribution in [0.1, 0.15) is 40.4 Å². The van der Waals surface area contributed by atoms with Gasteiger partial charge in [-0.3, -0.25) is 9.78 Å². The van der Waals surface area contributed by atoms with Crippen molar-refractivity contribution in [3.63, 3.8) is 0 Å². The zero-order valence-corrected chi connectivity index (χ0v) is 15.5. The molecule has 0 atom stereocenters. The van der Waals surface area contributed by atoms with Crippen molar-refractivity contribution in [2.75, 3.05) is 19.0 Å². The maximum atomic E-state index is 12.7. The summed E-state index contributed by atoms with van der Waals surface area (Å²) in [6.45, 7) is 0. The fourth-order valence-electron chi connectivity index (χ4n) is 3.06. The van der Waals surface area contributed by atoms with E-state index in [1.165, 1.54) is 0 Å². The molecule has 3 aromatic rings. The molecule has 1 N–H and O–H groups in total. The van der Waals surface area contributed by atoms with Crippen molar-refractivity contribution < 1.29 is 4.79 Å². The monoisotopic (exact) mass is 358 g/mol. The zero-order valence-electron chi connectivity index (χ0n) is 15.5. The minimum Gasteiger partial charge on any atom is -0.378 e. The Hall–Kier alpha value is -3.21. The molecule has 0 saturated heterocycles. The molecule has 0 aliphatic heterocycles. The molecule has 27 heavy (non-hydrogen) atoms. The molecule has 5 heteroatoms. The smallest absolute Gasteiger partial charge is 0.272 e. The van der Waals surface area contributed by atoms with Crippen LogP contribution in [0.5, 0.6) is 0 Å². The lowest BCUT2D eigenvalue weighted by molar-refractivity contribution is 0.0956. The summed E-state index contributed by atoms with van der Waals surface area (Å²) in [5, 5.41) is 4.98. The topological polar surface area (TPSA) is 57.6 Å². The Morgan fingerprint density at radius 3 is 2.59 bits per heavy atom. The summed E-state index contributed by atoms with van der Waals surface area (Å²) in [6.07, 6.45) is 3.95. The molecule has 1 amide bonds. The van der Waals surface area contributed by atoms with Gasteiger partial charge in [0.1, 0.15) is 0 Å². The molecule has 1 saturated carbocycles. The van der Waals surface area contributed by atoms with Crippen LogP contribution >= 0.6 is 0 Å². The number of fused-ring (bicyclic) bond motifs is 1. The maximum absolute atomic E-state index is 12.7. The molecule has 5 nitrogen and oxygen atoms in total. The van der Waals surface area contributed by atoms with Crippen LogP contribution in [0, 0.1) is 0 Å². The Morgan fingerprint density at radius 1 is 1.15 bits per heavy atom. The van der Waals surface area contributed by atoms with Crippen LogP contribution in [0.3, 0.4) is 0 Å². The van der Waals surface area contributed by atoms with Gasteiger partial charge in [-0.25, -0.2) is 5.43 Å². The average molecular weight is 358 g/mol. The first-order chi connectivity index (χ1) is 13.1. The number of benzene rings is 2. The second kappa shape index (κ2) is 7.19. The molecule has 1 heterocycles. The van der Waals surface area contributed by atoms with E-state index in [2.05, 4.69) is 10.5 Å². The van der Waals surface area contributed by atoms with Gasteiger partial charge in [-0.15, -0.1) is 0 Å². The van der Waals surface area contributed by atoms with E-state index < -0.39 is 0 Å². The standard InChI is InChI=1S/C22H22N4O/c1-26(2)17-11-7-15(8-12-17)14-23-25-22(27)19-13-21(16-9-10-16)24-20-6-4-3-5-18(19)20/h3-8,11-14,16H,9-10H2,1-2H3,(H,25,27)/b23-14+. The minimum absolute atomic E-state index is 0.211. The lowest BCUT2D eigenvalue weighted by atomic mass is 10.1. The van der Waals surface area contributed by atoms with Gasteiger partial charge in [0, 0.05) is 36.8 Å². The van der Waals surface area contributed by atoms with Gasteiger partial charge >= 0.3 is 0 Å². The van der Waals surface area contributed by atoms with Crippen molar-refractivity contribution in [1.82, 2.24) is 10.4 Å². The Kier molecular flexibility index (Phi) is 4.59. The van der Waals surface area contributed by atoms with Crippen molar-refractivity contribution in [1.29, 1.82) is 0 Å². The van der Waals surface area contributed by atoms with Crippen LogP contribution in [0.25, 0.3) is 10.9 Å². The second-order valence-corrected chi connectivity index (χ2v) is 7.07. The van der Waals surface area contributed by atoms with Gasteiger partial charge in [-0.05, 0) is 42.7 Å². The molecule has 2 aromatic carbocycles. The number of hydrogen-bond acceptors (Lipinski definition) is 4. The molecule has 0 spiro atoms. The number of carbonyl (C=O) groups excluding carboxylic acids is 1. The lowest BCUT2D eigenvalue weighted by Crippen LogP contribution is -2.18. The summed E-state index contributed by atoms with van der Waals surface area (Å²) in [5.41, 5.74) is 7.19. The van der Waals surface area contributed by atoms with Crippen LogP contribution < -0.4 is 10.3 Å². The largest absolute Gasteiger partial charge is 0.378 e. The van der Waals surface area contributed by atoms with Gasteiger partial charge in [0.2, 0.25) is 0 Å². The molecule has 1 aliphatic rings. The van der Waals surface area contributed by atoms with Gasteiger partial charge < -0.3 is 4.90 Å². The average Bonchev–Trinajstić information content (AvgIpc) is 3.52. The predicted molar refractivity (Wildman–Crippen MR) is 110 cm³/mol. The van der Waals surface area contributed by atoms with E-state index in [0.29, 0.717) is 11.5 Å². The summed E-state index contributed by atoms with van der Waals surface area (Å²) < 4.78 is 0. The summed E-state index contributed by atoms with van der Waals surface area (Å²) in [6, 6.07) is 17.6. The lowest BCUT2D eigenvalue weighted by Gasteiger charge is -2.11. The van der Waals surface area contributed by atoms with Crippen molar-refractivity contribution in [2.45, 2.75) is 18.8 Å². The number of rotatable bonds is 5. The number of amides is 1. The van der Waals surface area contributed by atoms with Crippen LogP contribution in [0.4, 0.5) is 5.69 Å². The molecule has 136 valence electrons. The van der Waals surface area contributed by atoms with Crippen LogP contribution in [0.2, 0.25) is 0 Å². The highest BCUT2D eigenvalue weighted by Gasteiger charge is 2.26. The molecule has 4 rings (SSSR count). The molecular weight excluding hydrogens is 336 g/mol. The van der Waals surface area contributed by atoms with E-state index in [4.69, 9.17) is 4.98 Å². The second-order valence-electron chi connectivity index (χ2n) is 7.07. The molecule has 1 aromatic heterocycles. The van der Waals surface area contributed by atoms with Crippen molar-refractivity contribution in [3.8, 4) is 0 Å². The van der Waals surface area contributed by atoms with E-state index in [1.807, 2.05) is 73.6 Å². The summed E-state index contributed by atoms with van der Waals surface area (Å²) in [4.78, 5) is 19.5. The molecule has 1 aliphatic carbocycles. The number of anilines is 1. The third kappa shape index (κ3) is 3.82. The molecule has 1 fully saturated rings. The van der Waals surface area contributed by atoms with Gasteiger partial charge in [-0.2, -0.15) is 5.10 Å². The Balaban J connectivity index is 1.54. The molecule has 0 radical (unpaired) electrons. The zero-order chi connectivity index (χ0) is 18.8. The van der Waals surface area contributed by atoms with E-state index in [9.17, 15) is 4.79 Å². The SMILES string of the molecule is CN(C)c1ccc(/C=N/NC(=O)c2cc(C3CC3)nc3ccccc23)cc1. The fourth-order valence-corrected chi connectivity index (χ4v) is 3.06. The fraction of sp³-hybridized carbons (Fsp3) is 0.227. The molecular formula is C22H22N4O. The van der Waals surface area contributed by atoms with Crippen molar-refractivity contribution >= 4 is 28.7 Å². The van der Waals surface area contributed by atoms with E-state index in [1.54, 1.807) is 6.21 Å². The van der Waals surface area contributed by atoms with Crippen molar-refractivity contribution in [3.05, 3.63) is 71.4 Å². The highest BCUT2D eigenvalue weighted by Crippen LogP contribution is 2.40. The van der Waals surface area contributed by atoms with E-state index in [0.717, 1.165) is 40.7 Å². The predicted octanol–water partition coefficient (Wildman–Crippen LogP) is 3.94. The van der Waals surface area contributed by atoms with Crippen LogP contribution in [-0.2, 0) is 0 Å². The van der Waals surface area contributed by atoms with Gasteiger partial charge in [0.05, 0.1) is 17.3 Å². The first-order valence-electron chi connectivity index (χ1n) is 9.12. The van der Waals surface area contributed by atoms with E-state index in [-0.39, 0.29) is 5.91 Å². The molecule has 0 bridgehead atoms. The molecule has 0 unspecified atom stereocenters. The highest BCUT2D eigenvalue weighted by atomic mass is 16.2. The summed E-state index contributed by atoms with van der Waals surface area (Å²) in [7, 11) is 4.00. The van der Waals surface area contributed by atoms with E-state index >= 15 is 0 Å². The number of hydrogen-bond donors (Lipinski definition) is 1. The Morgan fingerprint density at radius 2 is 1.89 bits per heavy atom. The minimum atomic E-state index is -0.211. The number of nitrogens with zero attached hydrogens (tertiary/aromatic N) is 3. The number of hydrazone groups is 1. The third-order valence-corrected chi connectivity index (χ3v) is 4.77. The van der Waals surface area contributed by atoms with Gasteiger partial charge in [-0.1, -0.05) is 30.3 Å². The Labute approximate surface area is 158 Å². The van der Waals surface area contributed by atoms with Crippen LogP contribution in [0.15, 0.2) is 59.7 Å². The number of nitrogens with one attached hydrogen (secondary N) is 1. The Bertz CT molecular complexity index is 1000. The summed E-state index contributed by atoms with van der Waals surface area (Å²) in [5.74, 6) is 0.275. The maximum Gasteiger partial charge on any atom is 0.272 e. The number of aromatic nitrogens is 1. The first-order valence-corrected chi connectivity index (χ1v) is 9.12. The number of para-hydroxylation sites is 1.